The van der Waals surface area contributed by atoms with E-state index in [1.54, 1.807) is 13.8 Å². The average Bonchev–Trinajstić information content (AvgIpc) is 2.82. The van der Waals surface area contributed by atoms with Crippen molar-refractivity contribution in [1.82, 2.24) is 0 Å². The topological polar surface area (TPSA) is 26.0 Å². The van der Waals surface area contributed by atoms with Gasteiger partial charge >= 0.3 is 0 Å². The lowest BCUT2D eigenvalue weighted by Crippen LogP contribution is -2.16. The molecule has 16 heavy (non-hydrogen) atoms. The maximum atomic E-state index is 13.5. The van der Waals surface area contributed by atoms with Gasteiger partial charge in [-0.1, -0.05) is 26.0 Å². The van der Waals surface area contributed by atoms with Gasteiger partial charge in [-0.3, -0.25) is 0 Å². The van der Waals surface area contributed by atoms with E-state index in [2.05, 4.69) is 13.8 Å². The maximum absolute atomic E-state index is 13.5. The van der Waals surface area contributed by atoms with E-state index in [9.17, 15) is 4.39 Å². The number of halogens is 1. The molecular formula is C14H20FN. The van der Waals surface area contributed by atoms with Crippen molar-refractivity contribution in [1.29, 1.82) is 0 Å². The lowest BCUT2D eigenvalue weighted by atomic mass is 9.95. The highest BCUT2D eigenvalue weighted by Gasteiger charge is 2.49. The van der Waals surface area contributed by atoms with Gasteiger partial charge < -0.3 is 5.73 Å². The summed E-state index contributed by atoms with van der Waals surface area (Å²) in [4.78, 5) is 0. The summed E-state index contributed by atoms with van der Waals surface area (Å²) < 4.78 is 13.5. The van der Waals surface area contributed by atoms with Crippen LogP contribution in [0.15, 0.2) is 12.1 Å². The second kappa shape index (κ2) is 3.56. The van der Waals surface area contributed by atoms with Crippen molar-refractivity contribution < 1.29 is 4.39 Å². The highest BCUT2D eigenvalue weighted by molar-refractivity contribution is 5.33. The van der Waals surface area contributed by atoms with Gasteiger partial charge in [-0.05, 0) is 48.3 Å². The summed E-state index contributed by atoms with van der Waals surface area (Å²) in [6, 6.07) is 3.83. The Balaban J connectivity index is 2.28. The number of benzene rings is 1. The number of nitrogens with two attached hydrogens (primary N) is 1. The second-order valence-electron chi connectivity index (χ2n) is 5.79. The van der Waals surface area contributed by atoms with Gasteiger partial charge in [0.25, 0.3) is 0 Å². The van der Waals surface area contributed by atoms with Gasteiger partial charge in [0.2, 0.25) is 0 Å². The minimum Gasteiger partial charge on any atom is -0.324 e. The van der Waals surface area contributed by atoms with Gasteiger partial charge in [-0.25, -0.2) is 4.39 Å². The number of hydrogen-bond acceptors (Lipinski definition) is 1. The molecule has 2 N–H and O–H groups in total. The van der Waals surface area contributed by atoms with E-state index in [1.807, 2.05) is 12.1 Å². The molecule has 88 valence electrons. The number of aryl methyl sites for hydroxylation is 2. The molecule has 1 aromatic rings. The molecule has 1 aliphatic rings. The van der Waals surface area contributed by atoms with Crippen LogP contribution in [0, 0.1) is 31.0 Å². The summed E-state index contributed by atoms with van der Waals surface area (Å²) in [6.45, 7) is 8.08. The summed E-state index contributed by atoms with van der Waals surface area (Å²) in [5.74, 6) is 0.433. The predicted octanol–water partition coefficient (Wildman–Crippen LogP) is 3.49. The van der Waals surface area contributed by atoms with E-state index in [-0.39, 0.29) is 11.9 Å². The molecule has 2 rings (SSSR count). The third-order valence-corrected chi connectivity index (χ3v) is 3.87. The largest absolute Gasteiger partial charge is 0.324 e. The van der Waals surface area contributed by atoms with Crippen LogP contribution >= 0.6 is 0 Å². The Morgan fingerprint density at radius 2 is 1.75 bits per heavy atom. The molecule has 1 fully saturated rings. The highest BCUT2D eigenvalue weighted by atomic mass is 19.1. The smallest absolute Gasteiger partial charge is 0.129 e. The first kappa shape index (κ1) is 11.6. The fourth-order valence-corrected chi connectivity index (χ4v) is 2.53. The Labute approximate surface area is 96.9 Å². The zero-order valence-electron chi connectivity index (χ0n) is 10.5. The fraction of sp³-hybridized carbons (Fsp3) is 0.571. The Hall–Kier alpha value is -0.890. The van der Waals surface area contributed by atoms with Gasteiger partial charge in [-0.15, -0.1) is 0 Å². The summed E-state index contributed by atoms with van der Waals surface area (Å²) in [6.07, 6.45) is 1.17. The van der Waals surface area contributed by atoms with Crippen molar-refractivity contribution >= 4 is 0 Å². The van der Waals surface area contributed by atoms with Crippen LogP contribution in [0.3, 0.4) is 0 Å². The van der Waals surface area contributed by atoms with Crippen LogP contribution in [0.1, 0.15) is 43.0 Å². The van der Waals surface area contributed by atoms with E-state index in [0.29, 0.717) is 22.5 Å². The standard InChI is InChI=1S/C14H20FN/c1-8-5-10(6-9(2)12(8)15)13(16)11-7-14(11,3)4/h5-6,11,13H,7,16H2,1-4H3. The monoisotopic (exact) mass is 221 g/mol. The Bertz CT molecular complexity index is 400. The molecule has 0 radical (unpaired) electrons. The molecule has 2 unspecified atom stereocenters. The third-order valence-electron chi connectivity index (χ3n) is 3.87. The van der Waals surface area contributed by atoms with Crippen molar-refractivity contribution in [2.45, 2.75) is 40.2 Å². The summed E-state index contributed by atoms with van der Waals surface area (Å²) in [7, 11) is 0. The molecule has 1 nitrogen and oxygen atoms in total. The van der Waals surface area contributed by atoms with E-state index in [4.69, 9.17) is 5.73 Å². The SMILES string of the molecule is Cc1cc(C(N)C2CC2(C)C)cc(C)c1F. The van der Waals surface area contributed by atoms with Crippen LogP contribution < -0.4 is 5.73 Å². The second-order valence-corrected chi connectivity index (χ2v) is 5.79. The maximum Gasteiger partial charge on any atom is 0.129 e. The zero-order valence-corrected chi connectivity index (χ0v) is 10.5. The van der Waals surface area contributed by atoms with E-state index >= 15 is 0 Å². The summed E-state index contributed by atoms with van der Waals surface area (Å²) in [5, 5.41) is 0. The van der Waals surface area contributed by atoms with Gasteiger partial charge in [0.1, 0.15) is 5.82 Å². The van der Waals surface area contributed by atoms with Gasteiger partial charge in [0.05, 0.1) is 0 Å². The lowest BCUT2D eigenvalue weighted by Gasteiger charge is -2.16. The van der Waals surface area contributed by atoms with Gasteiger partial charge in [0, 0.05) is 6.04 Å². The fourth-order valence-electron chi connectivity index (χ4n) is 2.53. The molecule has 0 aliphatic heterocycles. The van der Waals surface area contributed by atoms with Crippen molar-refractivity contribution in [3.8, 4) is 0 Å². The van der Waals surface area contributed by atoms with Crippen LogP contribution in [0.5, 0.6) is 0 Å². The van der Waals surface area contributed by atoms with Gasteiger partial charge in [0.15, 0.2) is 0 Å². The average molecular weight is 221 g/mol. The number of rotatable bonds is 2. The first-order valence-electron chi connectivity index (χ1n) is 5.85. The van der Waals surface area contributed by atoms with Crippen LogP contribution in [-0.2, 0) is 0 Å². The lowest BCUT2D eigenvalue weighted by molar-refractivity contribution is 0.490. The van der Waals surface area contributed by atoms with Crippen LogP contribution in [-0.4, -0.2) is 0 Å². The Morgan fingerprint density at radius 1 is 1.31 bits per heavy atom. The van der Waals surface area contributed by atoms with E-state index in [0.717, 1.165) is 5.56 Å². The van der Waals surface area contributed by atoms with Crippen LogP contribution in [0.25, 0.3) is 0 Å². The summed E-state index contributed by atoms with van der Waals surface area (Å²) >= 11 is 0. The quantitative estimate of drug-likeness (QED) is 0.812. The Kier molecular flexibility index (Phi) is 2.58. The van der Waals surface area contributed by atoms with Crippen molar-refractivity contribution in [2.75, 3.05) is 0 Å². The first-order chi connectivity index (χ1) is 7.33. The van der Waals surface area contributed by atoms with E-state index in [1.165, 1.54) is 6.42 Å². The normalized spacial score (nSPS) is 24.2. The molecule has 2 heteroatoms. The molecule has 0 spiro atoms. The third kappa shape index (κ3) is 1.86. The molecule has 1 saturated carbocycles. The van der Waals surface area contributed by atoms with E-state index < -0.39 is 0 Å². The minimum absolute atomic E-state index is 0.0491. The van der Waals surface area contributed by atoms with Crippen LogP contribution in [0.4, 0.5) is 4.39 Å². The van der Waals surface area contributed by atoms with Gasteiger partial charge in [-0.2, -0.15) is 0 Å². The van der Waals surface area contributed by atoms with Crippen molar-refractivity contribution in [3.05, 3.63) is 34.6 Å². The first-order valence-corrected chi connectivity index (χ1v) is 5.85. The molecule has 1 aromatic carbocycles. The number of hydrogen-bond donors (Lipinski definition) is 1. The highest BCUT2D eigenvalue weighted by Crippen LogP contribution is 2.57. The summed E-state index contributed by atoms with van der Waals surface area (Å²) in [5.41, 5.74) is 9.07. The van der Waals surface area contributed by atoms with Crippen LogP contribution in [0.2, 0.25) is 0 Å². The molecule has 0 heterocycles. The van der Waals surface area contributed by atoms with Crippen molar-refractivity contribution in [3.63, 3.8) is 0 Å². The molecular weight excluding hydrogens is 201 g/mol. The molecule has 0 aromatic heterocycles. The predicted molar refractivity (Wildman–Crippen MR) is 64.7 cm³/mol. The molecule has 1 aliphatic carbocycles. The molecule has 0 bridgehead atoms. The molecule has 0 saturated heterocycles. The van der Waals surface area contributed by atoms with Crippen molar-refractivity contribution in [2.24, 2.45) is 17.1 Å². The molecule has 2 atom stereocenters. The zero-order chi connectivity index (χ0) is 12.1. The Morgan fingerprint density at radius 3 is 2.12 bits per heavy atom. The minimum atomic E-state index is -0.106. The molecule has 0 amide bonds.